The zero-order valence-electron chi connectivity index (χ0n) is 17.9. The van der Waals surface area contributed by atoms with Gasteiger partial charge in [-0.2, -0.15) is 5.11 Å². The number of nitrogens with zero attached hydrogens (tertiary/aromatic N) is 5. The van der Waals surface area contributed by atoms with E-state index >= 15 is 0 Å². The first-order valence-electron chi connectivity index (χ1n) is 10.5. The van der Waals surface area contributed by atoms with E-state index in [1.165, 1.54) is 0 Å². The molecule has 0 aliphatic carbocycles. The van der Waals surface area contributed by atoms with Gasteiger partial charge in [0.2, 0.25) is 5.91 Å². The normalized spacial score (nSPS) is 20.8. The number of pyridine rings is 1. The lowest BCUT2D eigenvalue weighted by atomic mass is 9.95. The highest BCUT2D eigenvalue weighted by Gasteiger charge is 2.28. The Morgan fingerprint density at radius 2 is 2.00 bits per heavy atom. The molecule has 1 amide bonds. The molecule has 4 rings (SSSR count). The molecule has 2 aliphatic rings. The number of carbonyl (C=O) groups excluding carboxylic acids is 1. The number of aliphatic hydroxyl groups is 1. The number of hydrogen-bond acceptors (Lipinski definition) is 7. The molecule has 2 N–H and O–H groups in total. The number of rotatable bonds is 5. The van der Waals surface area contributed by atoms with Gasteiger partial charge in [-0.05, 0) is 62.9 Å². The summed E-state index contributed by atoms with van der Waals surface area (Å²) >= 11 is 0. The number of anilines is 1. The molecule has 1 atom stereocenters. The Hall–Kier alpha value is -2.58. The SMILES string of the molecule is CN1CC(c2ccc3cnc(NC(=O)C4CCN(CC(C)(C)O)CC4)cc3c2)N=N1. The van der Waals surface area contributed by atoms with Crippen LogP contribution in [0.3, 0.4) is 0 Å². The Labute approximate surface area is 177 Å². The Kier molecular flexibility index (Phi) is 5.71. The van der Waals surface area contributed by atoms with Crippen molar-refractivity contribution in [1.82, 2.24) is 14.9 Å². The first-order chi connectivity index (χ1) is 14.3. The molecule has 30 heavy (non-hydrogen) atoms. The van der Waals surface area contributed by atoms with Crippen molar-refractivity contribution in [2.24, 2.45) is 16.3 Å². The number of likely N-dealkylation sites (tertiary alicyclic amines) is 1. The van der Waals surface area contributed by atoms with Crippen molar-refractivity contribution < 1.29 is 9.90 Å². The molecule has 3 heterocycles. The summed E-state index contributed by atoms with van der Waals surface area (Å²) in [7, 11) is 1.91. The largest absolute Gasteiger partial charge is 0.389 e. The Morgan fingerprint density at radius 1 is 1.23 bits per heavy atom. The molecular formula is C22H30N6O2. The van der Waals surface area contributed by atoms with Crippen molar-refractivity contribution in [2.75, 3.05) is 38.5 Å². The maximum absolute atomic E-state index is 12.8. The standard InChI is InChI=1S/C22H30N6O2/c1-22(2,30)14-28-8-6-15(7-9-28)21(29)24-20-11-18-10-16(4-5-17(18)12-23-20)19-13-27(3)26-25-19/h4-5,10-12,15,19,30H,6-9,13-14H2,1-3H3,(H,23,24,29). The van der Waals surface area contributed by atoms with Crippen LogP contribution in [0.4, 0.5) is 5.82 Å². The zero-order valence-corrected chi connectivity index (χ0v) is 17.9. The summed E-state index contributed by atoms with van der Waals surface area (Å²) in [5, 5.41) is 25.3. The Morgan fingerprint density at radius 3 is 2.67 bits per heavy atom. The van der Waals surface area contributed by atoms with Gasteiger partial charge in [0.05, 0.1) is 12.1 Å². The molecule has 2 aliphatic heterocycles. The fraction of sp³-hybridized carbons (Fsp3) is 0.545. The summed E-state index contributed by atoms with van der Waals surface area (Å²) in [5.41, 5.74) is 0.399. The van der Waals surface area contributed by atoms with Crippen LogP contribution in [-0.2, 0) is 4.79 Å². The van der Waals surface area contributed by atoms with Gasteiger partial charge in [-0.3, -0.25) is 9.80 Å². The number of fused-ring (bicyclic) bond motifs is 1. The number of amides is 1. The zero-order chi connectivity index (χ0) is 21.3. The predicted molar refractivity (Wildman–Crippen MR) is 116 cm³/mol. The van der Waals surface area contributed by atoms with E-state index in [1.54, 1.807) is 6.20 Å². The van der Waals surface area contributed by atoms with E-state index in [1.807, 2.05) is 38.0 Å². The first-order valence-corrected chi connectivity index (χ1v) is 10.5. The summed E-state index contributed by atoms with van der Waals surface area (Å²) in [6.07, 6.45) is 3.38. The smallest absolute Gasteiger partial charge is 0.228 e. The highest BCUT2D eigenvalue weighted by atomic mass is 16.3. The number of carbonyl (C=O) groups is 1. The summed E-state index contributed by atoms with van der Waals surface area (Å²) in [6.45, 7) is 6.67. The van der Waals surface area contributed by atoms with E-state index in [9.17, 15) is 9.90 Å². The van der Waals surface area contributed by atoms with Crippen molar-refractivity contribution in [3.8, 4) is 0 Å². The molecule has 8 heteroatoms. The lowest BCUT2D eigenvalue weighted by molar-refractivity contribution is -0.121. The number of hydrogen-bond donors (Lipinski definition) is 2. The Bertz CT molecular complexity index is 946. The van der Waals surface area contributed by atoms with Gasteiger partial charge in [0.1, 0.15) is 11.9 Å². The average molecular weight is 411 g/mol. The summed E-state index contributed by atoms with van der Waals surface area (Å²) in [4.78, 5) is 19.4. The lowest BCUT2D eigenvalue weighted by Crippen LogP contribution is -2.44. The molecule has 1 saturated heterocycles. The van der Waals surface area contributed by atoms with Crippen LogP contribution >= 0.6 is 0 Å². The minimum Gasteiger partial charge on any atom is -0.389 e. The van der Waals surface area contributed by atoms with E-state index in [0.29, 0.717) is 12.4 Å². The third-order valence-electron chi connectivity index (χ3n) is 5.73. The van der Waals surface area contributed by atoms with Crippen molar-refractivity contribution in [3.05, 3.63) is 36.0 Å². The van der Waals surface area contributed by atoms with Gasteiger partial charge >= 0.3 is 0 Å². The van der Waals surface area contributed by atoms with E-state index < -0.39 is 5.60 Å². The molecule has 0 saturated carbocycles. The molecule has 1 aromatic carbocycles. The molecule has 0 spiro atoms. The first kappa shape index (κ1) is 20.7. The van der Waals surface area contributed by atoms with Crippen molar-refractivity contribution in [3.63, 3.8) is 0 Å². The van der Waals surface area contributed by atoms with Gasteiger partial charge in [-0.15, -0.1) is 0 Å². The topological polar surface area (TPSA) is 93.4 Å². The fourth-order valence-corrected chi connectivity index (χ4v) is 4.21. The lowest BCUT2D eigenvalue weighted by Gasteiger charge is -2.34. The number of piperidine rings is 1. The Balaban J connectivity index is 1.40. The molecule has 1 fully saturated rings. The van der Waals surface area contributed by atoms with Crippen LogP contribution in [0, 0.1) is 5.92 Å². The van der Waals surface area contributed by atoms with Crippen LogP contribution in [-0.4, -0.2) is 64.7 Å². The quantitative estimate of drug-likeness (QED) is 0.790. The molecular weight excluding hydrogens is 380 g/mol. The van der Waals surface area contributed by atoms with Crippen LogP contribution in [0.5, 0.6) is 0 Å². The molecule has 2 aromatic rings. The van der Waals surface area contributed by atoms with E-state index in [4.69, 9.17) is 0 Å². The molecule has 8 nitrogen and oxygen atoms in total. The number of likely N-dealkylation sites (N-methyl/N-ethyl adjacent to an activating group) is 1. The van der Waals surface area contributed by atoms with Gasteiger partial charge in [-0.1, -0.05) is 17.4 Å². The number of aromatic nitrogens is 1. The third-order valence-corrected chi connectivity index (χ3v) is 5.73. The second kappa shape index (κ2) is 8.28. The number of β-amino-alcohol motifs (C(OH)–C–C–N with tert-alkyl or cyclic N) is 1. The minimum absolute atomic E-state index is 0.0205. The summed E-state index contributed by atoms with van der Waals surface area (Å²) in [5.74, 6) is 0.571. The third kappa shape index (κ3) is 4.94. The minimum atomic E-state index is -0.710. The maximum atomic E-state index is 12.8. The summed E-state index contributed by atoms with van der Waals surface area (Å²) < 4.78 is 0. The van der Waals surface area contributed by atoms with E-state index in [0.717, 1.165) is 48.8 Å². The monoisotopic (exact) mass is 410 g/mol. The molecule has 0 radical (unpaired) electrons. The van der Waals surface area contributed by atoms with Crippen molar-refractivity contribution in [2.45, 2.75) is 38.3 Å². The van der Waals surface area contributed by atoms with Gasteiger partial charge in [0, 0.05) is 31.1 Å². The van der Waals surface area contributed by atoms with Gasteiger partial charge < -0.3 is 15.3 Å². The van der Waals surface area contributed by atoms with Crippen molar-refractivity contribution in [1.29, 1.82) is 0 Å². The highest BCUT2D eigenvalue weighted by Crippen LogP contribution is 2.28. The second-order valence-electron chi connectivity index (χ2n) is 9.09. The highest BCUT2D eigenvalue weighted by molar-refractivity contribution is 5.94. The van der Waals surface area contributed by atoms with E-state index in [-0.39, 0.29) is 17.9 Å². The van der Waals surface area contributed by atoms with Crippen LogP contribution < -0.4 is 5.32 Å². The van der Waals surface area contributed by atoms with Crippen LogP contribution in [0.15, 0.2) is 40.8 Å². The van der Waals surface area contributed by atoms with Crippen molar-refractivity contribution >= 4 is 22.5 Å². The number of nitrogens with one attached hydrogen (secondary N) is 1. The van der Waals surface area contributed by atoms with Crippen LogP contribution in [0.1, 0.15) is 38.3 Å². The summed E-state index contributed by atoms with van der Waals surface area (Å²) in [6, 6.07) is 8.17. The van der Waals surface area contributed by atoms with Crippen LogP contribution in [0.25, 0.3) is 10.8 Å². The molecule has 160 valence electrons. The van der Waals surface area contributed by atoms with Gasteiger partial charge in [-0.25, -0.2) is 4.98 Å². The average Bonchev–Trinajstić information content (AvgIpc) is 3.13. The molecule has 1 aromatic heterocycles. The van der Waals surface area contributed by atoms with Crippen LogP contribution in [0.2, 0.25) is 0 Å². The fourth-order valence-electron chi connectivity index (χ4n) is 4.21. The van der Waals surface area contributed by atoms with Gasteiger partial charge in [0.15, 0.2) is 0 Å². The van der Waals surface area contributed by atoms with Gasteiger partial charge in [0.25, 0.3) is 0 Å². The maximum Gasteiger partial charge on any atom is 0.228 e. The second-order valence-corrected chi connectivity index (χ2v) is 9.09. The van der Waals surface area contributed by atoms with E-state index in [2.05, 4.69) is 37.7 Å². The number of benzene rings is 1. The molecule has 1 unspecified atom stereocenters. The predicted octanol–water partition coefficient (Wildman–Crippen LogP) is 3.01. The molecule has 0 bridgehead atoms.